The highest BCUT2D eigenvalue weighted by atomic mass is 16.2. The topological polar surface area (TPSA) is 71.8 Å². The summed E-state index contributed by atoms with van der Waals surface area (Å²) in [6.45, 7) is 7.01. The largest absolute Gasteiger partial charge is 0.370 e. The average molecular weight is 382 g/mol. The summed E-state index contributed by atoms with van der Waals surface area (Å²) in [5, 5.41) is 10.9. The molecule has 1 saturated carbocycles. The number of carbonyl (C=O) groups is 1. The maximum absolute atomic E-state index is 12.5. The van der Waals surface area contributed by atoms with Crippen molar-refractivity contribution in [1.82, 2.24) is 20.1 Å². The molecule has 4 rings (SSSR count). The fourth-order valence-electron chi connectivity index (χ4n) is 4.09. The van der Waals surface area contributed by atoms with E-state index in [0.717, 1.165) is 50.3 Å². The Bertz CT molecular complexity index is 828. The monoisotopic (exact) mass is 381 g/mol. The number of aromatic nitrogens is 3. The molecule has 3 heterocycles. The van der Waals surface area contributed by atoms with Crippen molar-refractivity contribution in [3.63, 3.8) is 0 Å². The number of hydrogen-bond acceptors (Lipinski definition) is 4. The molecule has 2 aromatic rings. The zero-order valence-corrected chi connectivity index (χ0v) is 16.9. The minimum absolute atomic E-state index is 0.105. The molecule has 6 heteroatoms. The van der Waals surface area contributed by atoms with Gasteiger partial charge in [0, 0.05) is 49.1 Å². The Hall–Kier alpha value is -2.37. The quantitative estimate of drug-likeness (QED) is 0.689. The van der Waals surface area contributed by atoms with Crippen LogP contribution in [0.15, 0.2) is 24.4 Å². The minimum Gasteiger partial charge on any atom is -0.370 e. The normalized spacial score (nSPS) is 20.5. The van der Waals surface area contributed by atoms with Crippen LogP contribution in [-0.2, 0) is 24.2 Å². The molecule has 1 fully saturated rings. The van der Waals surface area contributed by atoms with E-state index in [9.17, 15) is 4.79 Å². The number of aryl methyl sites for hydroxylation is 2. The molecule has 2 aliphatic rings. The van der Waals surface area contributed by atoms with Crippen LogP contribution < -0.4 is 10.6 Å². The van der Waals surface area contributed by atoms with E-state index in [1.165, 1.54) is 17.7 Å². The maximum atomic E-state index is 12.5. The van der Waals surface area contributed by atoms with Crippen molar-refractivity contribution < 1.29 is 4.79 Å². The van der Waals surface area contributed by atoms with Gasteiger partial charge in [-0.15, -0.1) is 0 Å². The number of nitrogens with zero attached hydrogens (tertiary/aromatic N) is 3. The number of amides is 1. The number of fused-ring (bicyclic) bond motifs is 1. The fraction of sp³-hybridized carbons (Fsp3) is 0.591. The summed E-state index contributed by atoms with van der Waals surface area (Å²) < 4.78 is 2.07. The Balaban J connectivity index is 1.21. The summed E-state index contributed by atoms with van der Waals surface area (Å²) in [7, 11) is 0. The van der Waals surface area contributed by atoms with Gasteiger partial charge in [0.15, 0.2) is 0 Å². The van der Waals surface area contributed by atoms with Crippen LogP contribution in [0.3, 0.4) is 0 Å². The Labute approximate surface area is 167 Å². The molecule has 28 heavy (non-hydrogen) atoms. The first-order chi connectivity index (χ1) is 13.6. The third kappa shape index (κ3) is 4.37. The van der Waals surface area contributed by atoms with Crippen molar-refractivity contribution in [2.24, 2.45) is 11.8 Å². The number of pyridine rings is 1. The third-order valence-electron chi connectivity index (χ3n) is 5.66. The second-order valence-electron chi connectivity index (χ2n) is 8.52. The van der Waals surface area contributed by atoms with Crippen LogP contribution in [0.5, 0.6) is 0 Å². The lowest BCUT2D eigenvalue weighted by molar-refractivity contribution is -0.122. The lowest BCUT2D eigenvalue weighted by Crippen LogP contribution is -2.27. The first-order valence-corrected chi connectivity index (χ1v) is 10.6. The van der Waals surface area contributed by atoms with Crippen LogP contribution in [0, 0.1) is 11.8 Å². The fourth-order valence-corrected chi connectivity index (χ4v) is 4.09. The summed E-state index contributed by atoms with van der Waals surface area (Å²) in [5.41, 5.74) is 3.63. The molecular formula is C22H31N5O. The first kappa shape index (κ1) is 19.0. The van der Waals surface area contributed by atoms with Gasteiger partial charge >= 0.3 is 0 Å². The second kappa shape index (κ2) is 8.33. The summed E-state index contributed by atoms with van der Waals surface area (Å²) in [6.07, 6.45) is 6.90. The Morgan fingerprint density at radius 3 is 3.11 bits per heavy atom. The van der Waals surface area contributed by atoms with E-state index in [1.807, 2.05) is 6.20 Å². The minimum atomic E-state index is 0.105. The number of anilines is 1. The number of nitrogens with one attached hydrogen (secondary N) is 2. The molecule has 1 aliphatic carbocycles. The summed E-state index contributed by atoms with van der Waals surface area (Å²) >= 11 is 0. The van der Waals surface area contributed by atoms with Gasteiger partial charge in [-0.2, -0.15) is 5.10 Å². The molecule has 0 radical (unpaired) electrons. The molecule has 1 amide bonds. The third-order valence-corrected chi connectivity index (χ3v) is 5.66. The van der Waals surface area contributed by atoms with Gasteiger partial charge in [-0.3, -0.25) is 9.48 Å². The van der Waals surface area contributed by atoms with Crippen LogP contribution in [0.2, 0.25) is 0 Å². The van der Waals surface area contributed by atoms with E-state index in [4.69, 9.17) is 4.98 Å². The van der Waals surface area contributed by atoms with E-state index in [2.05, 4.69) is 52.5 Å². The molecule has 1 aliphatic heterocycles. The average Bonchev–Trinajstić information content (AvgIpc) is 3.36. The number of carbonyl (C=O) groups excluding carboxylic acids is 1. The van der Waals surface area contributed by atoms with Gasteiger partial charge < -0.3 is 10.6 Å². The maximum Gasteiger partial charge on any atom is 0.223 e. The predicted molar refractivity (Wildman–Crippen MR) is 110 cm³/mol. The highest BCUT2D eigenvalue weighted by molar-refractivity contribution is 5.82. The van der Waals surface area contributed by atoms with Crippen LogP contribution in [-0.4, -0.2) is 33.8 Å². The molecule has 0 unspecified atom stereocenters. The standard InChI is InChI=1S/C22H31N5O/c1-15(2)14-27-20(9-12-25-27)18-13-19(18)22(28)24-11-4-6-17-8-7-16-5-3-10-23-21(16)26-17/h7-9,12,15,18-19H,3-6,10-11,13-14H2,1-2H3,(H,23,26)(H,24,28)/t18-,19-/m1/s1. The smallest absolute Gasteiger partial charge is 0.223 e. The van der Waals surface area contributed by atoms with E-state index in [-0.39, 0.29) is 11.8 Å². The highest BCUT2D eigenvalue weighted by Crippen LogP contribution is 2.47. The van der Waals surface area contributed by atoms with Gasteiger partial charge in [0.1, 0.15) is 5.82 Å². The second-order valence-corrected chi connectivity index (χ2v) is 8.52. The van der Waals surface area contributed by atoms with Gasteiger partial charge in [0.05, 0.1) is 0 Å². The van der Waals surface area contributed by atoms with E-state index < -0.39 is 0 Å². The van der Waals surface area contributed by atoms with Crippen LogP contribution in [0.1, 0.15) is 56.0 Å². The van der Waals surface area contributed by atoms with Crippen LogP contribution in [0.25, 0.3) is 0 Å². The molecule has 2 atom stereocenters. The molecule has 2 aromatic heterocycles. The van der Waals surface area contributed by atoms with Crippen LogP contribution >= 0.6 is 0 Å². The lowest BCUT2D eigenvalue weighted by Gasteiger charge is -2.17. The lowest BCUT2D eigenvalue weighted by atomic mass is 10.1. The van der Waals surface area contributed by atoms with Crippen molar-refractivity contribution in [3.8, 4) is 0 Å². The van der Waals surface area contributed by atoms with E-state index >= 15 is 0 Å². The van der Waals surface area contributed by atoms with Gasteiger partial charge in [-0.05, 0) is 55.7 Å². The Morgan fingerprint density at radius 1 is 1.36 bits per heavy atom. The molecule has 0 spiro atoms. The van der Waals surface area contributed by atoms with Gasteiger partial charge in [-0.1, -0.05) is 19.9 Å². The van der Waals surface area contributed by atoms with E-state index in [0.29, 0.717) is 18.4 Å². The van der Waals surface area contributed by atoms with Gasteiger partial charge in [0.2, 0.25) is 5.91 Å². The molecule has 2 N–H and O–H groups in total. The molecule has 0 aromatic carbocycles. The van der Waals surface area contributed by atoms with Crippen LogP contribution in [0.4, 0.5) is 5.82 Å². The Kier molecular flexibility index (Phi) is 5.64. The molecule has 0 bridgehead atoms. The zero-order valence-electron chi connectivity index (χ0n) is 16.9. The first-order valence-electron chi connectivity index (χ1n) is 10.6. The van der Waals surface area contributed by atoms with E-state index in [1.54, 1.807) is 0 Å². The molecular weight excluding hydrogens is 350 g/mol. The molecule has 150 valence electrons. The zero-order chi connectivity index (χ0) is 19.5. The number of rotatable bonds is 8. The van der Waals surface area contributed by atoms with Crippen molar-refractivity contribution in [3.05, 3.63) is 41.3 Å². The summed E-state index contributed by atoms with van der Waals surface area (Å²) in [4.78, 5) is 17.2. The van der Waals surface area contributed by atoms with Gasteiger partial charge in [0.25, 0.3) is 0 Å². The van der Waals surface area contributed by atoms with Gasteiger partial charge in [-0.25, -0.2) is 4.98 Å². The van der Waals surface area contributed by atoms with Crippen molar-refractivity contribution in [1.29, 1.82) is 0 Å². The number of hydrogen-bond donors (Lipinski definition) is 2. The SMILES string of the molecule is CC(C)Cn1nccc1[C@@H]1C[C@H]1C(=O)NCCCc1ccc2c(n1)NCCC2. The predicted octanol–water partition coefficient (Wildman–Crippen LogP) is 3.14. The Morgan fingerprint density at radius 2 is 2.25 bits per heavy atom. The van der Waals surface area contributed by atoms with Crippen molar-refractivity contribution in [2.75, 3.05) is 18.4 Å². The summed E-state index contributed by atoms with van der Waals surface area (Å²) in [5.74, 6) is 2.22. The summed E-state index contributed by atoms with van der Waals surface area (Å²) in [6, 6.07) is 6.38. The molecule has 6 nitrogen and oxygen atoms in total. The van der Waals surface area contributed by atoms with Crippen molar-refractivity contribution in [2.45, 2.75) is 58.4 Å². The highest BCUT2D eigenvalue weighted by Gasteiger charge is 2.45. The molecule has 0 saturated heterocycles. The van der Waals surface area contributed by atoms with Crippen molar-refractivity contribution >= 4 is 11.7 Å².